The molecule has 2 aromatic rings. The summed E-state index contributed by atoms with van der Waals surface area (Å²) in [6.07, 6.45) is 0. The minimum atomic E-state index is -0.732. The smallest absolute Gasteiger partial charge is 0.149 e. The molecule has 3 nitrogen and oxygen atoms in total. The molecule has 0 saturated heterocycles. The number of nitrogens with two attached hydrogens (primary N) is 1. The van der Waals surface area contributed by atoms with Gasteiger partial charge >= 0.3 is 0 Å². The molecule has 0 amide bonds. The summed E-state index contributed by atoms with van der Waals surface area (Å²) in [4.78, 5) is 0. The second-order valence-electron chi connectivity index (χ2n) is 3.78. The Morgan fingerprint density at radius 2 is 1.84 bits per heavy atom. The van der Waals surface area contributed by atoms with Crippen LogP contribution in [-0.4, -0.2) is 0 Å². The highest BCUT2D eigenvalue weighted by Crippen LogP contribution is 2.29. The zero-order valence-electron chi connectivity index (χ0n) is 9.55. The van der Waals surface area contributed by atoms with Gasteiger partial charge in [0.05, 0.1) is 33.2 Å². The van der Waals surface area contributed by atoms with Crippen molar-refractivity contribution in [1.29, 1.82) is 5.26 Å². The number of halogens is 3. The molecule has 0 fully saturated rings. The molecule has 0 bridgehead atoms. The maximum Gasteiger partial charge on any atom is 0.149 e. The summed E-state index contributed by atoms with van der Waals surface area (Å²) in [7, 11) is 0. The second kappa shape index (κ2) is 5.24. The van der Waals surface area contributed by atoms with Gasteiger partial charge in [0.15, 0.2) is 0 Å². The standard InChI is InChI=1S/C13H8BrF2N3/c14-8-4-13(10(16)5-9(8)15)19-12-2-1-7(6-17)3-11(12)18/h1-5,19H,18H2. The zero-order valence-corrected chi connectivity index (χ0v) is 11.1. The second-order valence-corrected chi connectivity index (χ2v) is 4.64. The van der Waals surface area contributed by atoms with Crippen LogP contribution < -0.4 is 11.1 Å². The Labute approximate surface area is 116 Å². The van der Waals surface area contributed by atoms with E-state index >= 15 is 0 Å². The van der Waals surface area contributed by atoms with E-state index in [2.05, 4.69) is 21.2 Å². The predicted octanol–water partition coefficient (Wildman–Crippen LogP) is 3.92. The summed E-state index contributed by atoms with van der Waals surface area (Å²) < 4.78 is 26.8. The number of nitrogens with zero attached hydrogens (tertiary/aromatic N) is 1. The number of hydrogen-bond acceptors (Lipinski definition) is 3. The minimum absolute atomic E-state index is 0.0877. The van der Waals surface area contributed by atoms with Gasteiger partial charge in [0, 0.05) is 6.07 Å². The first-order chi connectivity index (χ1) is 9.01. The van der Waals surface area contributed by atoms with Crippen molar-refractivity contribution in [3.63, 3.8) is 0 Å². The van der Waals surface area contributed by atoms with E-state index < -0.39 is 11.6 Å². The number of benzene rings is 2. The maximum atomic E-state index is 13.6. The van der Waals surface area contributed by atoms with Gasteiger partial charge in [0.1, 0.15) is 11.6 Å². The van der Waals surface area contributed by atoms with Crippen molar-refractivity contribution >= 4 is 33.0 Å². The lowest BCUT2D eigenvalue weighted by Crippen LogP contribution is -1.99. The maximum absolute atomic E-state index is 13.6. The molecule has 0 unspecified atom stereocenters. The molecule has 0 aliphatic heterocycles. The molecule has 3 N–H and O–H groups in total. The fourth-order valence-electron chi connectivity index (χ4n) is 1.51. The van der Waals surface area contributed by atoms with Crippen LogP contribution in [0.5, 0.6) is 0 Å². The molecule has 2 rings (SSSR count). The summed E-state index contributed by atoms with van der Waals surface area (Å²) in [5.74, 6) is -1.42. The molecule has 0 aliphatic carbocycles. The van der Waals surface area contributed by atoms with Gasteiger partial charge in [-0.15, -0.1) is 0 Å². The lowest BCUT2D eigenvalue weighted by molar-refractivity contribution is 0.581. The molecule has 0 saturated carbocycles. The number of nitrogens with one attached hydrogen (secondary N) is 1. The first-order valence-corrected chi connectivity index (χ1v) is 6.01. The first-order valence-electron chi connectivity index (χ1n) is 5.22. The lowest BCUT2D eigenvalue weighted by Gasteiger charge is -2.11. The van der Waals surface area contributed by atoms with Crippen molar-refractivity contribution in [2.24, 2.45) is 0 Å². The third-order valence-electron chi connectivity index (χ3n) is 2.46. The van der Waals surface area contributed by atoms with E-state index in [9.17, 15) is 8.78 Å². The highest BCUT2D eigenvalue weighted by Gasteiger charge is 2.09. The molecular formula is C13H8BrF2N3. The topological polar surface area (TPSA) is 61.8 Å². The number of anilines is 3. The predicted molar refractivity (Wildman–Crippen MR) is 72.9 cm³/mol. The van der Waals surface area contributed by atoms with Gasteiger partial charge in [-0.3, -0.25) is 0 Å². The normalized spacial score (nSPS) is 10.0. The van der Waals surface area contributed by atoms with Crippen molar-refractivity contribution in [2.45, 2.75) is 0 Å². The van der Waals surface area contributed by atoms with E-state index in [1.165, 1.54) is 12.1 Å². The van der Waals surface area contributed by atoms with Gasteiger partial charge in [-0.2, -0.15) is 5.26 Å². The van der Waals surface area contributed by atoms with Gasteiger partial charge in [-0.05, 0) is 40.2 Å². The summed E-state index contributed by atoms with van der Waals surface area (Å²) in [6.45, 7) is 0. The van der Waals surface area contributed by atoms with Crippen LogP contribution in [0.4, 0.5) is 25.8 Å². The average Bonchev–Trinajstić information content (AvgIpc) is 2.38. The van der Waals surface area contributed by atoms with E-state index in [-0.39, 0.29) is 10.2 Å². The first kappa shape index (κ1) is 13.3. The van der Waals surface area contributed by atoms with Crippen molar-refractivity contribution in [3.05, 3.63) is 52.0 Å². The fraction of sp³-hybridized carbons (Fsp3) is 0. The molecule has 96 valence electrons. The highest BCUT2D eigenvalue weighted by molar-refractivity contribution is 9.10. The van der Waals surface area contributed by atoms with Gasteiger partial charge in [-0.25, -0.2) is 8.78 Å². The number of hydrogen-bond donors (Lipinski definition) is 2. The van der Waals surface area contributed by atoms with Gasteiger partial charge in [-0.1, -0.05) is 0 Å². The van der Waals surface area contributed by atoms with E-state index in [1.807, 2.05) is 6.07 Å². The molecule has 0 radical (unpaired) electrons. The Bertz CT molecular complexity index is 680. The Morgan fingerprint density at radius 3 is 2.47 bits per heavy atom. The summed E-state index contributed by atoms with van der Waals surface area (Å²) in [6, 6.07) is 8.58. The summed E-state index contributed by atoms with van der Waals surface area (Å²) >= 11 is 2.98. The minimum Gasteiger partial charge on any atom is -0.397 e. The van der Waals surface area contributed by atoms with Gasteiger partial charge < -0.3 is 11.1 Å². The number of rotatable bonds is 2. The molecule has 0 spiro atoms. The molecule has 0 aromatic heterocycles. The van der Waals surface area contributed by atoms with Crippen LogP contribution in [0.15, 0.2) is 34.8 Å². The Kier molecular flexibility index (Phi) is 3.67. The van der Waals surface area contributed by atoms with E-state index in [0.29, 0.717) is 16.9 Å². The van der Waals surface area contributed by atoms with Crippen LogP contribution in [-0.2, 0) is 0 Å². The highest BCUT2D eigenvalue weighted by atomic mass is 79.9. The number of nitriles is 1. The Morgan fingerprint density at radius 1 is 1.11 bits per heavy atom. The van der Waals surface area contributed by atoms with Crippen LogP contribution in [0, 0.1) is 23.0 Å². The third kappa shape index (κ3) is 2.83. The van der Waals surface area contributed by atoms with Crippen molar-refractivity contribution in [3.8, 4) is 6.07 Å². The van der Waals surface area contributed by atoms with E-state index in [0.717, 1.165) is 6.07 Å². The monoisotopic (exact) mass is 323 g/mol. The van der Waals surface area contributed by atoms with Crippen molar-refractivity contribution in [1.82, 2.24) is 0 Å². The van der Waals surface area contributed by atoms with Crippen LogP contribution in [0.3, 0.4) is 0 Å². The molecule has 0 atom stereocenters. The van der Waals surface area contributed by atoms with E-state index in [4.69, 9.17) is 11.0 Å². The van der Waals surface area contributed by atoms with E-state index in [1.54, 1.807) is 12.1 Å². The van der Waals surface area contributed by atoms with Crippen molar-refractivity contribution < 1.29 is 8.78 Å². The average molecular weight is 324 g/mol. The quantitative estimate of drug-likeness (QED) is 0.650. The molecule has 19 heavy (non-hydrogen) atoms. The van der Waals surface area contributed by atoms with Gasteiger partial charge in [0.25, 0.3) is 0 Å². The van der Waals surface area contributed by atoms with Crippen LogP contribution in [0.1, 0.15) is 5.56 Å². The van der Waals surface area contributed by atoms with Crippen molar-refractivity contribution in [2.75, 3.05) is 11.1 Å². The van der Waals surface area contributed by atoms with Gasteiger partial charge in [0.2, 0.25) is 0 Å². The van der Waals surface area contributed by atoms with Crippen LogP contribution in [0.2, 0.25) is 0 Å². The SMILES string of the molecule is N#Cc1ccc(Nc2cc(Br)c(F)cc2F)c(N)c1. The van der Waals surface area contributed by atoms with Crippen LogP contribution in [0.25, 0.3) is 0 Å². The molecular weight excluding hydrogens is 316 g/mol. The Balaban J connectivity index is 2.37. The van der Waals surface area contributed by atoms with Crippen LogP contribution >= 0.6 is 15.9 Å². The third-order valence-corrected chi connectivity index (χ3v) is 3.07. The zero-order chi connectivity index (χ0) is 14.0. The molecule has 0 heterocycles. The Hall–Kier alpha value is -2.13. The molecule has 6 heteroatoms. The largest absolute Gasteiger partial charge is 0.397 e. The fourth-order valence-corrected chi connectivity index (χ4v) is 1.85. The number of nitrogen functional groups attached to an aromatic ring is 1. The molecule has 0 aliphatic rings. The molecule has 2 aromatic carbocycles. The summed E-state index contributed by atoms with van der Waals surface area (Å²) in [5.41, 5.74) is 6.98. The summed E-state index contributed by atoms with van der Waals surface area (Å²) in [5, 5.41) is 11.5. The lowest BCUT2D eigenvalue weighted by atomic mass is 10.2.